The summed E-state index contributed by atoms with van der Waals surface area (Å²) in [5, 5.41) is 0. The van der Waals surface area contributed by atoms with Crippen molar-refractivity contribution in [1.82, 2.24) is 4.98 Å². The van der Waals surface area contributed by atoms with Crippen LogP contribution < -0.4 is 9.47 Å². The maximum Gasteiger partial charge on any atom is 0.339 e. The number of rotatable bonds is 5. The van der Waals surface area contributed by atoms with Gasteiger partial charge in [0.15, 0.2) is 0 Å². The fourth-order valence-electron chi connectivity index (χ4n) is 1.85. The standard InChI is InChI=1S/C16H16BrNO4/c1-10(17)13-8-12(20-2)5-6-14(13)22-15-7-4-11(9-18-15)16(19)21-3/h4-10H,1-3H3. The second-order valence-corrected chi connectivity index (χ2v) is 5.87. The van der Waals surface area contributed by atoms with Crippen LogP contribution in [0, 0.1) is 0 Å². The molecule has 22 heavy (non-hydrogen) atoms. The monoisotopic (exact) mass is 365 g/mol. The number of carbonyl (C=O) groups is 1. The Kier molecular flexibility index (Phi) is 5.38. The molecule has 6 heteroatoms. The lowest BCUT2D eigenvalue weighted by atomic mass is 10.1. The van der Waals surface area contributed by atoms with E-state index in [1.165, 1.54) is 13.3 Å². The molecular weight excluding hydrogens is 350 g/mol. The minimum atomic E-state index is -0.432. The molecule has 1 aromatic heterocycles. The largest absolute Gasteiger partial charge is 0.497 e. The van der Waals surface area contributed by atoms with Crippen LogP contribution in [0.25, 0.3) is 0 Å². The van der Waals surface area contributed by atoms with E-state index in [4.69, 9.17) is 9.47 Å². The predicted molar refractivity (Wildman–Crippen MR) is 86.0 cm³/mol. The molecule has 0 aliphatic heterocycles. The van der Waals surface area contributed by atoms with Gasteiger partial charge in [0, 0.05) is 22.7 Å². The van der Waals surface area contributed by atoms with Gasteiger partial charge in [-0.25, -0.2) is 9.78 Å². The smallest absolute Gasteiger partial charge is 0.339 e. The first-order valence-electron chi connectivity index (χ1n) is 6.59. The molecule has 0 fully saturated rings. The number of esters is 1. The van der Waals surface area contributed by atoms with E-state index >= 15 is 0 Å². The maximum atomic E-state index is 11.4. The third-order valence-corrected chi connectivity index (χ3v) is 3.51. The number of hydrogen-bond donors (Lipinski definition) is 0. The molecule has 0 aliphatic carbocycles. The summed E-state index contributed by atoms with van der Waals surface area (Å²) < 4.78 is 15.6. The molecule has 0 aliphatic rings. The molecule has 0 spiro atoms. The average molecular weight is 366 g/mol. The van der Waals surface area contributed by atoms with E-state index in [1.54, 1.807) is 19.2 Å². The Morgan fingerprint density at radius 1 is 1.23 bits per heavy atom. The van der Waals surface area contributed by atoms with Gasteiger partial charge in [0.05, 0.1) is 19.8 Å². The quantitative estimate of drug-likeness (QED) is 0.588. The Hall–Kier alpha value is -2.08. The van der Waals surface area contributed by atoms with E-state index < -0.39 is 5.97 Å². The van der Waals surface area contributed by atoms with Crippen LogP contribution in [0.15, 0.2) is 36.5 Å². The Bertz CT molecular complexity index is 656. The molecule has 1 aromatic carbocycles. The van der Waals surface area contributed by atoms with E-state index in [2.05, 4.69) is 25.7 Å². The zero-order chi connectivity index (χ0) is 16.1. The number of carbonyl (C=O) groups excluding carboxylic acids is 1. The molecule has 0 bridgehead atoms. The molecule has 1 unspecified atom stereocenters. The van der Waals surface area contributed by atoms with Gasteiger partial charge in [0.2, 0.25) is 5.88 Å². The van der Waals surface area contributed by atoms with Crippen molar-refractivity contribution in [2.24, 2.45) is 0 Å². The third-order valence-electron chi connectivity index (χ3n) is 3.02. The van der Waals surface area contributed by atoms with Crippen LogP contribution in [-0.2, 0) is 4.74 Å². The molecule has 1 atom stereocenters. The summed E-state index contributed by atoms with van der Waals surface area (Å²) in [6.07, 6.45) is 1.42. The van der Waals surface area contributed by atoms with Crippen LogP contribution in [0.4, 0.5) is 0 Å². The van der Waals surface area contributed by atoms with Gasteiger partial charge in [-0.3, -0.25) is 0 Å². The van der Waals surface area contributed by atoms with Crippen LogP contribution in [0.3, 0.4) is 0 Å². The number of alkyl halides is 1. The molecule has 0 saturated heterocycles. The van der Waals surface area contributed by atoms with Crippen LogP contribution in [0.5, 0.6) is 17.4 Å². The van der Waals surface area contributed by atoms with Crippen LogP contribution in [0.2, 0.25) is 0 Å². The molecule has 1 heterocycles. The number of nitrogens with zero attached hydrogens (tertiary/aromatic N) is 1. The Morgan fingerprint density at radius 2 is 2.00 bits per heavy atom. The van der Waals surface area contributed by atoms with E-state index in [9.17, 15) is 4.79 Å². The van der Waals surface area contributed by atoms with Gasteiger partial charge in [-0.15, -0.1) is 0 Å². The highest BCUT2D eigenvalue weighted by molar-refractivity contribution is 9.09. The molecular formula is C16H16BrNO4. The second kappa shape index (κ2) is 7.26. The van der Waals surface area contributed by atoms with E-state index in [-0.39, 0.29) is 4.83 Å². The summed E-state index contributed by atoms with van der Waals surface area (Å²) in [5.41, 5.74) is 1.32. The van der Waals surface area contributed by atoms with Crippen molar-refractivity contribution in [3.8, 4) is 17.4 Å². The number of pyridine rings is 1. The Labute approximate surface area is 137 Å². The molecule has 5 nitrogen and oxygen atoms in total. The number of halogens is 1. The van der Waals surface area contributed by atoms with Crippen molar-refractivity contribution >= 4 is 21.9 Å². The van der Waals surface area contributed by atoms with E-state index in [1.807, 2.05) is 25.1 Å². The van der Waals surface area contributed by atoms with Gasteiger partial charge in [-0.1, -0.05) is 15.9 Å². The summed E-state index contributed by atoms with van der Waals surface area (Å²) in [6, 6.07) is 8.77. The van der Waals surface area contributed by atoms with Crippen molar-refractivity contribution in [1.29, 1.82) is 0 Å². The summed E-state index contributed by atoms with van der Waals surface area (Å²) in [4.78, 5) is 15.6. The van der Waals surface area contributed by atoms with Gasteiger partial charge in [0.25, 0.3) is 0 Å². The van der Waals surface area contributed by atoms with Crippen molar-refractivity contribution < 1.29 is 19.0 Å². The zero-order valence-electron chi connectivity index (χ0n) is 12.5. The average Bonchev–Trinajstić information content (AvgIpc) is 2.55. The van der Waals surface area contributed by atoms with Gasteiger partial charge >= 0.3 is 5.97 Å². The normalized spacial score (nSPS) is 11.6. The van der Waals surface area contributed by atoms with Gasteiger partial charge in [0.1, 0.15) is 11.5 Å². The molecule has 2 rings (SSSR count). The number of ether oxygens (including phenoxy) is 3. The lowest BCUT2D eigenvalue weighted by Gasteiger charge is -2.13. The first-order valence-corrected chi connectivity index (χ1v) is 7.51. The first-order chi connectivity index (χ1) is 10.5. The van der Waals surface area contributed by atoms with Crippen molar-refractivity contribution in [2.45, 2.75) is 11.8 Å². The zero-order valence-corrected chi connectivity index (χ0v) is 14.1. The summed E-state index contributed by atoms with van der Waals surface area (Å²) in [7, 11) is 2.94. The number of benzene rings is 1. The van der Waals surface area contributed by atoms with Crippen LogP contribution in [-0.4, -0.2) is 25.2 Å². The number of hydrogen-bond acceptors (Lipinski definition) is 5. The van der Waals surface area contributed by atoms with Gasteiger partial charge in [-0.2, -0.15) is 0 Å². The molecule has 0 amide bonds. The lowest BCUT2D eigenvalue weighted by Crippen LogP contribution is -2.02. The number of aromatic nitrogens is 1. The summed E-state index contributed by atoms with van der Waals surface area (Å²) in [5.74, 6) is 1.39. The number of methoxy groups -OCH3 is 2. The highest BCUT2D eigenvalue weighted by atomic mass is 79.9. The van der Waals surface area contributed by atoms with Gasteiger partial charge < -0.3 is 14.2 Å². The fourth-order valence-corrected chi connectivity index (χ4v) is 2.21. The highest BCUT2D eigenvalue weighted by Gasteiger charge is 2.13. The summed E-state index contributed by atoms with van der Waals surface area (Å²) in [6.45, 7) is 2.00. The van der Waals surface area contributed by atoms with E-state index in [0.717, 1.165) is 11.3 Å². The molecule has 116 valence electrons. The molecule has 2 aromatic rings. The topological polar surface area (TPSA) is 57.7 Å². The Morgan fingerprint density at radius 3 is 2.55 bits per heavy atom. The maximum absolute atomic E-state index is 11.4. The Balaban J connectivity index is 2.25. The second-order valence-electron chi connectivity index (χ2n) is 4.50. The van der Waals surface area contributed by atoms with Crippen LogP contribution >= 0.6 is 15.9 Å². The molecule has 0 saturated carbocycles. The minimum Gasteiger partial charge on any atom is -0.497 e. The SMILES string of the molecule is COC(=O)c1ccc(Oc2ccc(OC)cc2C(C)Br)nc1. The molecule has 0 radical (unpaired) electrons. The van der Waals surface area contributed by atoms with Crippen molar-refractivity contribution in [3.63, 3.8) is 0 Å². The van der Waals surface area contributed by atoms with Crippen molar-refractivity contribution in [2.75, 3.05) is 14.2 Å². The molecule has 0 N–H and O–H groups in total. The highest BCUT2D eigenvalue weighted by Crippen LogP contribution is 2.35. The van der Waals surface area contributed by atoms with Gasteiger partial charge in [-0.05, 0) is 31.2 Å². The first kappa shape index (κ1) is 16.3. The summed E-state index contributed by atoms with van der Waals surface area (Å²) >= 11 is 3.53. The van der Waals surface area contributed by atoms with Crippen LogP contribution in [0.1, 0.15) is 27.7 Å². The minimum absolute atomic E-state index is 0.0898. The predicted octanol–water partition coefficient (Wildman–Crippen LogP) is 4.13. The third kappa shape index (κ3) is 3.76. The lowest BCUT2D eigenvalue weighted by molar-refractivity contribution is 0.0600. The van der Waals surface area contributed by atoms with E-state index in [0.29, 0.717) is 17.2 Å². The van der Waals surface area contributed by atoms with Crippen molar-refractivity contribution in [3.05, 3.63) is 47.7 Å². The fraction of sp³-hybridized carbons (Fsp3) is 0.250.